The van der Waals surface area contributed by atoms with E-state index in [0.29, 0.717) is 60.9 Å². The van der Waals surface area contributed by atoms with E-state index in [4.69, 9.17) is 23.6 Å². The molecule has 280 valence electrons. The molecule has 2 amide bonds. The van der Waals surface area contributed by atoms with Gasteiger partial charge >= 0.3 is 6.09 Å². The van der Waals surface area contributed by atoms with Crippen molar-refractivity contribution in [1.82, 2.24) is 25.6 Å². The highest BCUT2D eigenvalue weighted by Gasteiger charge is 2.36. The summed E-state index contributed by atoms with van der Waals surface area (Å²) in [4.78, 5) is 40.9. The Morgan fingerprint density at radius 2 is 1.50 bits per heavy atom. The lowest BCUT2D eigenvalue weighted by atomic mass is 10.1. The summed E-state index contributed by atoms with van der Waals surface area (Å²) >= 11 is 0. The maximum Gasteiger partial charge on any atom is 0.407 e. The Bertz CT molecular complexity index is 1820. The Morgan fingerprint density at radius 1 is 0.808 bits per heavy atom. The lowest BCUT2D eigenvalue weighted by Gasteiger charge is -2.36. The van der Waals surface area contributed by atoms with Crippen LogP contribution < -0.4 is 25.0 Å². The molecule has 0 radical (unpaired) electrons. The summed E-state index contributed by atoms with van der Waals surface area (Å²) in [5.74, 6) is 1.06. The Hall–Kier alpha value is -4.75. The number of methoxy groups -OCH3 is 2. The molecule has 0 atom stereocenters. The molecule has 0 aliphatic carbocycles. The fourth-order valence-corrected chi connectivity index (χ4v) is 6.12. The van der Waals surface area contributed by atoms with Crippen LogP contribution in [0.25, 0.3) is 22.3 Å². The number of aromatic nitrogens is 3. The van der Waals surface area contributed by atoms with Crippen LogP contribution in [-0.4, -0.2) is 81.3 Å². The number of carbonyl (C=O) groups is 2. The van der Waals surface area contributed by atoms with Gasteiger partial charge in [-0.2, -0.15) is 0 Å². The Morgan fingerprint density at radius 3 is 2.15 bits per heavy atom. The molecule has 2 N–H and O–H groups in total. The van der Waals surface area contributed by atoms with E-state index in [1.54, 1.807) is 59.5 Å². The topological polar surface area (TPSA) is 137 Å². The number of pyridine rings is 1. The molecule has 12 nitrogen and oxygen atoms in total. The van der Waals surface area contributed by atoms with Crippen LogP contribution in [0, 0.1) is 0 Å². The average Bonchev–Trinajstić information content (AvgIpc) is 3.09. The first-order chi connectivity index (χ1) is 24.5. The number of nitrogens with one attached hydrogen (secondary N) is 2. The van der Waals surface area contributed by atoms with Crippen molar-refractivity contribution in [2.24, 2.45) is 0 Å². The summed E-state index contributed by atoms with van der Waals surface area (Å²) in [6.07, 6.45) is 4.13. The third-order valence-electron chi connectivity index (χ3n) is 8.88. The summed E-state index contributed by atoms with van der Waals surface area (Å²) in [6, 6.07) is 15.4. The van der Waals surface area contributed by atoms with E-state index in [0.717, 1.165) is 23.3 Å². The summed E-state index contributed by atoms with van der Waals surface area (Å²) in [5, 5.41) is 5.67. The zero-order valence-electron chi connectivity index (χ0n) is 32.3. The van der Waals surface area contributed by atoms with Crippen LogP contribution in [0.1, 0.15) is 64.9 Å². The van der Waals surface area contributed by atoms with E-state index in [1.165, 1.54) is 0 Å². The molecule has 13 heteroatoms. The van der Waals surface area contributed by atoms with Crippen molar-refractivity contribution in [2.75, 3.05) is 45.4 Å². The number of benzene rings is 2. The molecule has 4 aromatic rings. The standard InChI is InChI=1S/C39H54N6O6Si/c1-38(2,3)51-37(47)42-17-11-16-41-36(46)34-21-27(15-18-40-34)35-26-43-32-14-13-28(24-33(32)44-35)45(19-12-20-50-52(9,10)39(4,5)6)29-22-30(48-7)25-31(23-29)49-8/h13-15,18,21-26H,11-12,16-17,19-20H2,1-10H3,(H,41,46)(H,42,47). The van der Waals surface area contributed by atoms with Gasteiger partial charge in [-0.15, -0.1) is 0 Å². The molecule has 4 rings (SSSR count). The van der Waals surface area contributed by atoms with Gasteiger partial charge in [-0.3, -0.25) is 14.8 Å². The molecule has 0 spiro atoms. The number of fused-ring (bicyclic) bond motifs is 1. The Labute approximate surface area is 308 Å². The zero-order chi connectivity index (χ0) is 38.1. The minimum Gasteiger partial charge on any atom is -0.497 e. The van der Waals surface area contributed by atoms with Gasteiger partial charge in [0, 0.05) is 67.6 Å². The predicted molar refractivity (Wildman–Crippen MR) is 208 cm³/mol. The molecule has 0 fully saturated rings. The summed E-state index contributed by atoms with van der Waals surface area (Å²) < 4.78 is 23.0. The first kappa shape index (κ1) is 40.0. The molecule has 2 aromatic heterocycles. The molecule has 52 heavy (non-hydrogen) atoms. The first-order valence-corrected chi connectivity index (χ1v) is 20.5. The second kappa shape index (κ2) is 17.2. The van der Waals surface area contributed by atoms with E-state index < -0.39 is 20.0 Å². The fraction of sp³-hybridized carbons (Fsp3) is 0.462. The summed E-state index contributed by atoms with van der Waals surface area (Å²) in [5.41, 5.74) is 4.29. The number of ether oxygens (including phenoxy) is 3. The summed E-state index contributed by atoms with van der Waals surface area (Å²) in [7, 11) is 1.39. The van der Waals surface area contributed by atoms with Crippen molar-refractivity contribution in [2.45, 2.75) is 78.1 Å². The molecule has 0 bridgehead atoms. The van der Waals surface area contributed by atoms with Crippen LogP contribution in [-0.2, 0) is 9.16 Å². The van der Waals surface area contributed by atoms with Gasteiger partial charge in [0.2, 0.25) is 0 Å². The number of alkyl carbamates (subject to hydrolysis) is 1. The van der Waals surface area contributed by atoms with Gasteiger partial charge in [0.25, 0.3) is 5.91 Å². The number of carbonyl (C=O) groups excluding carboxylic acids is 2. The van der Waals surface area contributed by atoms with Gasteiger partial charge in [0.1, 0.15) is 22.8 Å². The minimum atomic E-state index is -1.90. The van der Waals surface area contributed by atoms with Gasteiger partial charge in [-0.1, -0.05) is 20.8 Å². The van der Waals surface area contributed by atoms with Crippen molar-refractivity contribution in [3.63, 3.8) is 0 Å². The number of anilines is 2. The summed E-state index contributed by atoms with van der Waals surface area (Å²) in [6.45, 7) is 18.7. The van der Waals surface area contributed by atoms with Crippen LogP contribution in [0.2, 0.25) is 18.1 Å². The van der Waals surface area contributed by atoms with Crippen LogP contribution in [0.5, 0.6) is 11.5 Å². The molecule has 0 saturated heterocycles. The van der Waals surface area contributed by atoms with Crippen LogP contribution >= 0.6 is 0 Å². The van der Waals surface area contributed by atoms with E-state index in [1.807, 2.05) is 36.4 Å². The minimum absolute atomic E-state index is 0.128. The van der Waals surface area contributed by atoms with Crippen LogP contribution in [0.4, 0.5) is 16.2 Å². The van der Waals surface area contributed by atoms with Gasteiger partial charge in [0.15, 0.2) is 8.32 Å². The number of rotatable bonds is 15. The fourth-order valence-electron chi connectivity index (χ4n) is 5.03. The van der Waals surface area contributed by atoms with Crippen molar-refractivity contribution in [3.05, 3.63) is 66.6 Å². The van der Waals surface area contributed by atoms with Crippen LogP contribution in [0.3, 0.4) is 0 Å². The zero-order valence-corrected chi connectivity index (χ0v) is 33.3. The largest absolute Gasteiger partial charge is 0.497 e. The Balaban J connectivity index is 1.53. The SMILES string of the molecule is COc1cc(OC)cc(N(CCCO[Si](C)(C)C(C)(C)C)c2ccc3ncc(-c4ccnc(C(=O)NCCCNC(=O)OC(C)(C)C)c4)nc3c2)c1. The second-order valence-electron chi connectivity index (χ2n) is 15.1. The number of hydrogen-bond acceptors (Lipinski definition) is 10. The molecule has 0 saturated carbocycles. The lowest BCUT2D eigenvalue weighted by molar-refractivity contribution is 0.0527. The molecule has 0 aliphatic heterocycles. The van der Waals surface area contributed by atoms with Gasteiger partial charge in [-0.05, 0) is 82.1 Å². The van der Waals surface area contributed by atoms with Crippen molar-refractivity contribution >= 4 is 42.7 Å². The van der Waals surface area contributed by atoms with Crippen molar-refractivity contribution in [3.8, 4) is 22.8 Å². The molecule has 2 heterocycles. The normalized spacial score (nSPS) is 12.0. The monoisotopic (exact) mass is 730 g/mol. The first-order valence-electron chi connectivity index (χ1n) is 17.6. The predicted octanol–water partition coefficient (Wildman–Crippen LogP) is 7.90. The third kappa shape index (κ3) is 11.1. The molecular formula is C39H54N6O6Si. The van der Waals surface area contributed by atoms with Gasteiger partial charge in [0.05, 0.1) is 37.1 Å². The highest BCUT2D eigenvalue weighted by atomic mass is 28.4. The highest BCUT2D eigenvalue weighted by molar-refractivity contribution is 6.74. The number of nitrogens with zero attached hydrogens (tertiary/aromatic N) is 4. The quantitative estimate of drug-likeness (QED) is 0.0917. The molecular weight excluding hydrogens is 677 g/mol. The van der Waals surface area contributed by atoms with E-state index in [2.05, 4.69) is 59.4 Å². The smallest absolute Gasteiger partial charge is 0.407 e. The van der Waals surface area contributed by atoms with Gasteiger partial charge in [-0.25, -0.2) is 9.78 Å². The molecule has 0 unspecified atom stereocenters. The number of hydrogen-bond donors (Lipinski definition) is 2. The van der Waals surface area contributed by atoms with E-state index in [-0.39, 0.29) is 16.6 Å². The maximum atomic E-state index is 12.9. The van der Waals surface area contributed by atoms with E-state index >= 15 is 0 Å². The lowest BCUT2D eigenvalue weighted by Crippen LogP contribution is -2.41. The molecule has 0 aliphatic rings. The second-order valence-corrected chi connectivity index (χ2v) is 19.9. The van der Waals surface area contributed by atoms with E-state index in [9.17, 15) is 9.59 Å². The number of amides is 2. The highest BCUT2D eigenvalue weighted by Crippen LogP contribution is 2.37. The van der Waals surface area contributed by atoms with Gasteiger partial charge < -0.3 is 34.2 Å². The van der Waals surface area contributed by atoms with Crippen LogP contribution in [0.15, 0.2) is 60.9 Å². The Kier molecular flexibility index (Phi) is 13.2. The van der Waals surface area contributed by atoms with Crippen molar-refractivity contribution in [1.29, 1.82) is 0 Å². The van der Waals surface area contributed by atoms with Crippen molar-refractivity contribution < 1.29 is 28.2 Å². The third-order valence-corrected chi connectivity index (χ3v) is 13.4. The average molecular weight is 731 g/mol. The molecule has 2 aromatic carbocycles. The maximum absolute atomic E-state index is 12.9.